The maximum Gasteiger partial charge on any atom is 0.0991 e. The molecule has 27 heavy (non-hydrogen) atoms. The van der Waals surface area contributed by atoms with Crippen molar-refractivity contribution >= 4 is 0 Å². The van der Waals surface area contributed by atoms with Crippen LogP contribution in [-0.2, 0) is 6.42 Å². The Hall–Kier alpha value is -2.16. The lowest BCUT2D eigenvalue weighted by Crippen LogP contribution is -2.44. The molecule has 1 fully saturated rings. The Bertz CT molecular complexity index is 810. The summed E-state index contributed by atoms with van der Waals surface area (Å²) in [5.41, 5.74) is 4.28. The maximum absolute atomic E-state index is 9.32. The van der Waals surface area contributed by atoms with Gasteiger partial charge in [-0.25, -0.2) is 4.98 Å². The Balaban J connectivity index is 1.55. The van der Waals surface area contributed by atoms with E-state index in [4.69, 9.17) is 0 Å². The highest BCUT2D eigenvalue weighted by Gasteiger charge is 2.33. The summed E-state index contributed by atoms with van der Waals surface area (Å²) in [6, 6.07) is 11.1. The van der Waals surface area contributed by atoms with E-state index >= 15 is 0 Å². The van der Waals surface area contributed by atoms with Gasteiger partial charge in [-0.15, -0.1) is 0 Å². The van der Waals surface area contributed by atoms with Crippen LogP contribution in [0, 0.1) is 17.2 Å². The molecule has 5 nitrogen and oxygen atoms in total. The van der Waals surface area contributed by atoms with E-state index in [-0.39, 0.29) is 6.04 Å². The average Bonchev–Trinajstić information content (AvgIpc) is 3.17. The number of rotatable bonds is 4. The zero-order valence-electron chi connectivity index (χ0n) is 16.4. The SMILES string of the molecule is CC(C)N1CCC(CN2CCc3[nH]cnc3[C@H]2c2cccc(C#N)c2)CC1. The number of fused-ring (bicyclic) bond motifs is 1. The topological polar surface area (TPSA) is 58.9 Å². The number of aromatic amines is 1. The summed E-state index contributed by atoms with van der Waals surface area (Å²) in [6.07, 6.45) is 5.38. The largest absolute Gasteiger partial charge is 0.348 e. The van der Waals surface area contributed by atoms with Crippen molar-refractivity contribution in [2.45, 2.75) is 45.2 Å². The summed E-state index contributed by atoms with van der Waals surface area (Å²) in [5.74, 6) is 0.738. The second-order valence-electron chi connectivity index (χ2n) is 8.22. The summed E-state index contributed by atoms with van der Waals surface area (Å²) >= 11 is 0. The minimum Gasteiger partial charge on any atom is -0.348 e. The Morgan fingerprint density at radius 3 is 2.81 bits per heavy atom. The van der Waals surface area contributed by atoms with Crippen molar-refractivity contribution in [2.75, 3.05) is 26.2 Å². The van der Waals surface area contributed by atoms with Crippen molar-refractivity contribution in [2.24, 2.45) is 5.92 Å². The second-order valence-corrected chi connectivity index (χ2v) is 8.22. The summed E-state index contributed by atoms with van der Waals surface area (Å²) < 4.78 is 0. The zero-order valence-corrected chi connectivity index (χ0v) is 16.4. The van der Waals surface area contributed by atoms with Crippen molar-refractivity contribution < 1.29 is 0 Å². The third-order valence-corrected chi connectivity index (χ3v) is 6.23. The van der Waals surface area contributed by atoms with Crippen LogP contribution in [0.5, 0.6) is 0 Å². The zero-order chi connectivity index (χ0) is 18.8. The van der Waals surface area contributed by atoms with Crippen LogP contribution < -0.4 is 0 Å². The highest BCUT2D eigenvalue weighted by molar-refractivity contribution is 5.39. The predicted octanol–water partition coefficient (Wildman–Crippen LogP) is 3.35. The fourth-order valence-electron chi connectivity index (χ4n) is 4.65. The fourth-order valence-corrected chi connectivity index (χ4v) is 4.65. The van der Waals surface area contributed by atoms with Gasteiger partial charge >= 0.3 is 0 Å². The van der Waals surface area contributed by atoms with Crippen molar-refractivity contribution in [1.29, 1.82) is 5.26 Å². The molecule has 4 rings (SSSR count). The van der Waals surface area contributed by atoms with Gasteiger partial charge in [0.2, 0.25) is 0 Å². The Morgan fingerprint density at radius 1 is 1.26 bits per heavy atom. The van der Waals surface area contributed by atoms with E-state index in [0.29, 0.717) is 6.04 Å². The molecule has 0 aliphatic carbocycles. The molecule has 1 aromatic carbocycles. The fraction of sp³-hybridized carbons (Fsp3) is 0.545. The number of piperidine rings is 1. The number of nitrogens with one attached hydrogen (secondary N) is 1. The first-order valence-electron chi connectivity index (χ1n) is 10.2. The highest BCUT2D eigenvalue weighted by atomic mass is 15.2. The molecule has 0 radical (unpaired) electrons. The Labute approximate surface area is 162 Å². The van der Waals surface area contributed by atoms with Gasteiger partial charge in [-0.1, -0.05) is 12.1 Å². The van der Waals surface area contributed by atoms with E-state index in [1.165, 1.54) is 37.2 Å². The number of likely N-dealkylation sites (tertiary alicyclic amines) is 1. The minimum atomic E-state index is 0.149. The molecule has 0 bridgehead atoms. The number of nitriles is 1. The van der Waals surface area contributed by atoms with Crippen molar-refractivity contribution in [3.8, 4) is 6.07 Å². The van der Waals surface area contributed by atoms with Gasteiger partial charge in [0.25, 0.3) is 0 Å². The van der Waals surface area contributed by atoms with E-state index in [9.17, 15) is 5.26 Å². The van der Waals surface area contributed by atoms with Crippen LogP contribution in [0.1, 0.15) is 55.2 Å². The first-order chi connectivity index (χ1) is 13.2. The normalized spacial score (nSPS) is 21.9. The molecule has 0 saturated carbocycles. The van der Waals surface area contributed by atoms with Crippen LogP contribution in [-0.4, -0.2) is 52.0 Å². The molecule has 0 amide bonds. The second kappa shape index (κ2) is 7.84. The number of imidazole rings is 1. The highest BCUT2D eigenvalue weighted by Crippen LogP contribution is 2.35. The summed E-state index contributed by atoms with van der Waals surface area (Å²) in [7, 11) is 0. The first-order valence-corrected chi connectivity index (χ1v) is 10.2. The van der Waals surface area contributed by atoms with E-state index in [0.717, 1.165) is 36.7 Å². The smallest absolute Gasteiger partial charge is 0.0991 e. The van der Waals surface area contributed by atoms with Crippen molar-refractivity contribution in [3.05, 3.63) is 53.1 Å². The number of H-pyrrole nitrogens is 1. The molecule has 2 aromatic rings. The van der Waals surface area contributed by atoms with Crippen LogP contribution in [0.25, 0.3) is 0 Å². The van der Waals surface area contributed by atoms with Gasteiger partial charge < -0.3 is 9.88 Å². The summed E-state index contributed by atoms with van der Waals surface area (Å²) in [5, 5.41) is 9.32. The third-order valence-electron chi connectivity index (χ3n) is 6.23. The van der Waals surface area contributed by atoms with Gasteiger partial charge in [-0.2, -0.15) is 5.26 Å². The summed E-state index contributed by atoms with van der Waals surface area (Å²) in [4.78, 5) is 13.2. The lowest BCUT2D eigenvalue weighted by molar-refractivity contribution is 0.106. The average molecular weight is 364 g/mol. The maximum atomic E-state index is 9.32. The van der Waals surface area contributed by atoms with Gasteiger partial charge in [0.1, 0.15) is 0 Å². The van der Waals surface area contributed by atoms with Gasteiger partial charge in [-0.05, 0) is 63.4 Å². The van der Waals surface area contributed by atoms with Crippen LogP contribution in [0.4, 0.5) is 0 Å². The standard InChI is InChI=1S/C22H29N5/c1-16(2)26-9-6-17(7-10-26)14-27-11-8-20-21(25-15-24-20)22(27)19-5-3-4-18(12-19)13-23/h3-5,12,15-17,22H,6-11,14H2,1-2H3,(H,24,25)/t22-/m1/s1. The number of nitrogens with zero attached hydrogens (tertiary/aromatic N) is 4. The van der Waals surface area contributed by atoms with E-state index in [2.05, 4.69) is 45.8 Å². The van der Waals surface area contributed by atoms with Crippen LogP contribution in [0.2, 0.25) is 0 Å². The van der Waals surface area contributed by atoms with Crippen LogP contribution in [0.15, 0.2) is 30.6 Å². The monoisotopic (exact) mass is 363 g/mol. The van der Waals surface area contributed by atoms with E-state index in [1.54, 1.807) is 0 Å². The molecule has 1 atom stereocenters. The molecule has 2 aliphatic heterocycles. The van der Waals surface area contributed by atoms with Gasteiger partial charge in [-0.3, -0.25) is 4.90 Å². The molecule has 1 aromatic heterocycles. The minimum absolute atomic E-state index is 0.149. The molecule has 3 heterocycles. The first kappa shape index (κ1) is 18.2. The Morgan fingerprint density at radius 2 is 2.07 bits per heavy atom. The number of hydrogen-bond donors (Lipinski definition) is 1. The number of benzene rings is 1. The molecule has 5 heteroatoms. The molecular formula is C22H29N5. The van der Waals surface area contributed by atoms with Gasteiger partial charge in [0, 0.05) is 31.2 Å². The number of aromatic nitrogens is 2. The molecule has 142 valence electrons. The van der Waals surface area contributed by atoms with E-state index < -0.39 is 0 Å². The van der Waals surface area contributed by atoms with Gasteiger partial charge in [0.15, 0.2) is 0 Å². The molecule has 1 N–H and O–H groups in total. The molecule has 0 spiro atoms. The third kappa shape index (κ3) is 3.78. The lowest BCUT2D eigenvalue weighted by Gasteiger charge is -2.40. The molecule has 0 unspecified atom stereocenters. The predicted molar refractivity (Wildman–Crippen MR) is 106 cm³/mol. The molecule has 2 aliphatic rings. The number of hydrogen-bond acceptors (Lipinski definition) is 4. The van der Waals surface area contributed by atoms with Crippen molar-refractivity contribution in [3.63, 3.8) is 0 Å². The van der Waals surface area contributed by atoms with Gasteiger partial charge in [0.05, 0.1) is 29.7 Å². The van der Waals surface area contributed by atoms with Crippen LogP contribution >= 0.6 is 0 Å². The molecule has 1 saturated heterocycles. The van der Waals surface area contributed by atoms with Crippen molar-refractivity contribution in [1.82, 2.24) is 19.8 Å². The Kier molecular flexibility index (Phi) is 5.29. The lowest BCUT2D eigenvalue weighted by atomic mass is 9.90. The quantitative estimate of drug-likeness (QED) is 0.905. The van der Waals surface area contributed by atoms with Crippen LogP contribution in [0.3, 0.4) is 0 Å². The molecular weight excluding hydrogens is 334 g/mol. The van der Waals surface area contributed by atoms with E-state index in [1.807, 2.05) is 24.5 Å². The summed E-state index contributed by atoms with van der Waals surface area (Å²) in [6.45, 7) is 9.15.